The van der Waals surface area contributed by atoms with Gasteiger partial charge in [-0.25, -0.2) is 0 Å². The highest BCUT2D eigenvalue weighted by molar-refractivity contribution is 6.01. The van der Waals surface area contributed by atoms with Crippen molar-refractivity contribution in [3.63, 3.8) is 0 Å². The highest BCUT2D eigenvalue weighted by Gasteiger charge is 2.40. The molecule has 0 saturated carbocycles. The van der Waals surface area contributed by atoms with Gasteiger partial charge in [-0.05, 0) is 43.7 Å². The van der Waals surface area contributed by atoms with E-state index in [1.54, 1.807) is 12.1 Å². The lowest BCUT2D eigenvalue weighted by Gasteiger charge is -2.36. The van der Waals surface area contributed by atoms with E-state index in [0.29, 0.717) is 35.0 Å². The third-order valence-corrected chi connectivity index (χ3v) is 5.16. The molecule has 0 saturated heterocycles. The van der Waals surface area contributed by atoms with Crippen molar-refractivity contribution in [3.8, 4) is 23.0 Å². The minimum Gasteiger partial charge on any atom is -0.486 e. The predicted octanol–water partition coefficient (Wildman–Crippen LogP) is 3.60. The maximum atomic E-state index is 12.6. The number of hydrogen-bond acceptors (Lipinski definition) is 6. The average Bonchev–Trinajstić information content (AvgIpc) is 3.07. The average molecular weight is 366 g/mol. The summed E-state index contributed by atoms with van der Waals surface area (Å²) in [6.07, 6.45) is 0.480. The Kier molecular flexibility index (Phi) is 3.29. The quantitative estimate of drug-likeness (QED) is 0.567. The van der Waals surface area contributed by atoms with Gasteiger partial charge >= 0.3 is 5.97 Å². The standard InChI is InChI=1S/C21H18O6/c1-21(2)9-14(22)12-4-6-16-19(20(12)27-21)13(8-18(23)26-16)11-3-5-15-17(7-11)25-10-24-15/h3-7,13H,8-10H2,1-2H3/t13-/m0/s1. The molecular formula is C21H18O6. The Morgan fingerprint density at radius 1 is 1.00 bits per heavy atom. The smallest absolute Gasteiger partial charge is 0.312 e. The SMILES string of the molecule is CC1(C)CC(=O)c2ccc3c(c2O1)[C@H](c1ccc2c(c1)OCO2)CC(=O)O3. The van der Waals surface area contributed by atoms with Gasteiger partial charge in [0.2, 0.25) is 6.79 Å². The molecule has 27 heavy (non-hydrogen) atoms. The first-order valence-electron chi connectivity index (χ1n) is 8.91. The second kappa shape index (κ2) is 5.49. The van der Waals surface area contributed by atoms with Gasteiger partial charge in [0.25, 0.3) is 0 Å². The van der Waals surface area contributed by atoms with E-state index in [0.717, 1.165) is 11.1 Å². The van der Waals surface area contributed by atoms with Gasteiger partial charge in [-0.3, -0.25) is 9.59 Å². The third-order valence-electron chi connectivity index (χ3n) is 5.16. The van der Waals surface area contributed by atoms with E-state index >= 15 is 0 Å². The molecule has 0 N–H and O–H groups in total. The molecule has 1 atom stereocenters. The molecule has 3 aliphatic rings. The number of carbonyl (C=O) groups is 2. The summed E-state index contributed by atoms with van der Waals surface area (Å²) in [6.45, 7) is 3.96. The minimum atomic E-state index is -0.611. The summed E-state index contributed by atoms with van der Waals surface area (Å²) in [7, 11) is 0. The normalized spacial score (nSPS) is 21.8. The highest BCUT2D eigenvalue weighted by Crippen LogP contribution is 2.49. The van der Waals surface area contributed by atoms with Crippen molar-refractivity contribution in [2.75, 3.05) is 6.79 Å². The lowest BCUT2D eigenvalue weighted by atomic mass is 9.82. The number of carbonyl (C=O) groups excluding carboxylic acids is 2. The fourth-order valence-corrected chi connectivity index (χ4v) is 3.97. The minimum absolute atomic E-state index is 0.0328. The first kappa shape index (κ1) is 16.2. The van der Waals surface area contributed by atoms with Crippen LogP contribution < -0.4 is 18.9 Å². The highest BCUT2D eigenvalue weighted by atomic mass is 16.7. The van der Waals surface area contributed by atoms with E-state index in [2.05, 4.69) is 0 Å². The van der Waals surface area contributed by atoms with E-state index in [-0.39, 0.29) is 30.9 Å². The van der Waals surface area contributed by atoms with Gasteiger partial charge in [-0.2, -0.15) is 0 Å². The van der Waals surface area contributed by atoms with Crippen LogP contribution in [0.1, 0.15) is 54.1 Å². The van der Waals surface area contributed by atoms with Crippen LogP contribution in [0.2, 0.25) is 0 Å². The van der Waals surface area contributed by atoms with Crippen LogP contribution in [0.25, 0.3) is 0 Å². The predicted molar refractivity (Wildman–Crippen MR) is 94.8 cm³/mol. The van der Waals surface area contributed by atoms with Crippen molar-refractivity contribution in [2.24, 2.45) is 0 Å². The van der Waals surface area contributed by atoms with Gasteiger partial charge < -0.3 is 18.9 Å². The zero-order valence-corrected chi connectivity index (χ0v) is 15.0. The van der Waals surface area contributed by atoms with E-state index in [4.69, 9.17) is 18.9 Å². The molecule has 0 fully saturated rings. The van der Waals surface area contributed by atoms with Gasteiger partial charge in [0.1, 0.15) is 17.1 Å². The summed E-state index contributed by atoms with van der Waals surface area (Å²) >= 11 is 0. The zero-order chi connectivity index (χ0) is 18.8. The molecule has 138 valence electrons. The van der Waals surface area contributed by atoms with Crippen LogP contribution in [0.3, 0.4) is 0 Å². The van der Waals surface area contributed by atoms with Gasteiger partial charge in [0.05, 0.1) is 18.4 Å². The Morgan fingerprint density at radius 3 is 2.63 bits per heavy atom. The molecule has 6 nitrogen and oxygen atoms in total. The molecule has 0 aliphatic carbocycles. The molecular weight excluding hydrogens is 348 g/mol. The Morgan fingerprint density at radius 2 is 1.78 bits per heavy atom. The maximum Gasteiger partial charge on any atom is 0.312 e. The van der Waals surface area contributed by atoms with E-state index in [1.807, 2.05) is 32.0 Å². The van der Waals surface area contributed by atoms with Crippen molar-refractivity contribution < 1.29 is 28.5 Å². The molecule has 3 heterocycles. The molecule has 5 rings (SSSR count). The van der Waals surface area contributed by atoms with Crippen molar-refractivity contribution in [3.05, 3.63) is 47.0 Å². The number of esters is 1. The van der Waals surface area contributed by atoms with Crippen molar-refractivity contribution in [2.45, 2.75) is 38.2 Å². The lowest BCUT2D eigenvalue weighted by molar-refractivity contribution is -0.135. The van der Waals surface area contributed by atoms with Crippen molar-refractivity contribution >= 4 is 11.8 Å². The monoisotopic (exact) mass is 366 g/mol. The molecule has 0 unspecified atom stereocenters. The summed E-state index contributed by atoms with van der Waals surface area (Å²) < 4.78 is 22.5. The number of hydrogen-bond donors (Lipinski definition) is 0. The van der Waals surface area contributed by atoms with Crippen molar-refractivity contribution in [1.29, 1.82) is 0 Å². The number of benzene rings is 2. The molecule has 0 bridgehead atoms. The number of ether oxygens (including phenoxy) is 4. The summed E-state index contributed by atoms with van der Waals surface area (Å²) in [5.41, 5.74) is 1.56. The van der Waals surface area contributed by atoms with Crippen LogP contribution in [0.15, 0.2) is 30.3 Å². The van der Waals surface area contributed by atoms with Gasteiger partial charge in [0.15, 0.2) is 17.3 Å². The number of ketones is 1. The van der Waals surface area contributed by atoms with E-state index in [1.165, 1.54) is 0 Å². The Labute approximate surface area is 156 Å². The number of Topliss-reactive ketones (excluding diaryl/α,β-unsaturated/α-hetero) is 1. The zero-order valence-electron chi connectivity index (χ0n) is 15.0. The first-order chi connectivity index (χ1) is 12.9. The van der Waals surface area contributed by atoms with Crippen LogP contribution in [0, 0.1) is 0 Å². The van der Waals surface area contributed by atoms with E-state index in [9.17, 15) is 9.59 Å². The van der Waals surface area contributed by atoms with Crippen LogP contribution in [-0.2, 0) is 4.79 Å². The molecule has 0 amide bonds. The fraction of sp³-hybridized carbons (Fsp3) is 0.333. The summed E-state index contributed by atoms with van der Waals surface area (Å²) in [4.78, 5) is 24.8. The maximum absolute atomic E-state index is 12.6. The molecule has 0 aromatic heterocycles. The van der Waals surface area contributed by atoms with Crippen LogP contribution >= 0.6 is 0 Å². The third kappa shape index (κ3) is 2.55. The number of rotatable bonds is 1. The molecule has 0 spiro atoms. The molecule has 2 aromatic carbocycles. The van der Waals surface area contributed by atoms with E-state index < -0.39 is 5.60 Å². The topological polar surface area (TPSA) is 71.1 Å². The van der Waals surface area contributed by atoms with Crippen LogP contribution in [0.5, 0.6) is 23.0 Å². The Hall–Kier alpha value is -3.02. The van der Waals surface area contributed by atoms with Crippen LogP contribution in [0.4, 0.5) is 0 Å². The lowest BCUT2D eigenvalue weighted by Crippen LogP contribution is -2.37. The second-order valence-corrected chi connectivity index (χ2v) is 7.66. The first-order valence-corrected chi connectivity index (χ1v) is 8.91. The summed E-state index contributed by atoms with van der Waals surface area (Å²) in [5.74, 6) is 1.72. The molecule has 0 radical (unpaired) electrons. The summed E-state index contributed by atoms with van der Waals surface area (Å²) in [6, 6.07) is 8.99. The Balaban J connectivity index is 1.69. The van der Waals surface area contributed by atoms with Crippen molar-refractivity contribution in [1.82, 2.24) is 0 Å². The van der Waals surface area contributed by atoms with Crippen LogP contribution in [-0.4, -0.2) is 24.1 Å². The number of fused-ring (bicyclic) bond motifs is 4. The molecule has 2 aromatic rings. The summed E-state index contributed by atoms with van der Waals surface area (Å²) in [5, 5.41) is 0. The molecule has 6 heteroatoms. The Bertz CT molecular complexity index is 990. The molecule has 3 aliphatic heterocycles. The fourth-order valence-electron chi connectivity index (χ4n) is 3.97. The van der Waals surface area contributed by atoms with Gasteiger partial charge in [0, 0.05) is 11.5 Å². The van der Waals surface area contributed by atoms with Gasteiger partial charge in [-0.15, -0.1) is 0 Å². The van der Waals surface area contributed by atoms with Gasteiger partial charge in [-0.1, -0.05) is 6.07 Å². The largest absolute Gasteiger partial charge is 0.486 e. The second-order valence-electron chi connectivity index (χ2n) is 7.66.